The monoisotopic (exact) mass is 361 g/mol. The van der Waals surface area contributed by atoms with Crippen LogP contribution in [-0.4, -0.2) is 24.0 Å². The quantitative estimate of drug-likeness (QED) is 0.798. The third kappa shape index (κ3) is 4.13. The van der Waals surface area contributed by atoms with Crippen molar-refractivity contribution in [2.75, 3.05) is 11.9 Å². The minimum absolute atomic E-state index is 0.0321. The molecule has 1 atom stereocenters. The molecule has 1 aromatic rings. The van der Waals surface area contributed by atoms with Crippen molar-refractivity contribution in [1.82, 2.24) is 0 Å². The largest absolute Gasteiger partial charge is 0.450 e. The van der Waals surface area contributed by atoms with E-state index in [9.17, 15) is 23.1 Å². The number of nitrogens with one attached hydrogen (secondary N) is 1. The Hall–Kier alpha value is -1.91. The molecule has 130 valence electrons. The summed E-state index contributed by atoms with van der Waals surface area (Å²) in [5.74, 6) is 4.18. The molecule has 1 amide bonds. The molecule has 1 aliphatic carbocycles. The summed E-state index contributed by atoms with van der Waals surface area (Å²) < 4.78 is 45.2. The molecule has 0 aromatic heterocycles. The van der Waals surface area contributed by atoms with E-state index in [1.807, 2.05) is 5.92 Å². The van der Waals surface area contributed by atoms with Crippen molar-refractivity contribution in [3.05, 3.63) is 28.8 Å². The van der Waals surface area contributed by atoms with Crippen molar-refractivity contribution in [3.8, 4) is 11.8 Å². The van der Waals surface area contributed by atoms with E-state index in [0.29, 0.717) is 12.8 Å². The summed E-state index contributed by atoms with van der Waals surface area (Å²) in [6.45, 7) is 1.59. The molecule has 0 saturated heterocycles. The summed E-state index contributed by atoms with van der Waals surface area (Å²) in [4.78, 5) is 11.5. The summed E-state index contributed by atoms with van der Waals surface area (Å²) in [6, 6.07) is 3.38. The molecule has 2 rings (SSSR count). The van der Waals surface area contributed by atoms with E-state index in [1.165, 1.54) is 6.07 Å². The summed E-state index contributed by atoms with van der Waals surface area (Å²) in [5.41, 5.74) is -4.37. The molecule has 0 spiro atoms. The van der Waals surface area contributed by atoms with Gasteiger partial charge in [-0.3, -0.25) is 5.32 Å². The van der Waals surface area contributed by atoms with Crippen LogP contribution in [0.2, 0.25) is 5.02 Å². The van der Waals surface area contributed by atoms with Crippen molar-refractivity contribution in [2.45, 2.75) is 31.5 Å². The highest BCUT2D eigenvalue weighted by Crippen LogP contribution is 2.43. The molecule has 8 heteroatoms. The van der Waals surface area contributed by atoms with Crippen molar-refractivity contribution in [3.63, 3.8) is 0 Å². The first-order valence-electron chi connectivity index (χ1n) is 7.23. The number of carbonyl (C=O) groups is 1. The zero-order chi connectivity index (χ0) is 18.0. The van der Waals surface area contributed by atoms with Gasteiger partial charge in [0, 0.05) is 16.5 Å². The zero-order valence-corrected chi connectivity index (χ0v) is 13.5. The standard InChI is InChI=1S/C16H15ClF3NO3/c1-2-24-14(22)21-13-6-5-11(17)9-12(13)15(23,16(18,19)20)8-7-10-3-4-10/h5-6,9-10,23H,2-4H2,1H3,(H,21,22). The van der Waals surface area contributed by atoms with Crippen LogP contribution < -0.4 is 5.32 Å². The minimum atomic E-state index is -5.08. The maximum Gasteiger partial charge on any atom is 0.433 e. The van der Waals surface area contributed by atoms with Crippen LogP contribution >= 0.6 is 11.6 Å². The lowest BCUT2D eigenvalue weighted by molar-refractivity contribution is -0.240. The van der Waals surface area contributed by atoms with E-state index in [4.69, 9.17) is 11.6 Å². The van der Waals surface area contributed by atoms with Crippen LogP contribution in [0.4, 0.5) is 23.7 Å². The average Bonchev–Trinajstić information content (AvgIpc) is 3.30. The van der Waals surface area contributed by atoms with Gasteiger partial charge in [-0.2, -0.15) is 13.2 Å². The lowest BCUT2D eigenvalue weighted by atomic mass is 9.91. The maximum atomic E-state index is 13.5. The number of alkyl halides is 3. The Bertz CT molecular complexity index is 692. The molecule has 1 saturated carbocycles. The Labute approximate surface area is 141 Å². The normalized spacial score (nSPS) is 16.6. The Morgan fingerprint density at radius 1 is 1.46 bits per heavy atom. The Morgan fingerprint density at radius 3 is 2.67 bits per heavy atom. The molecule has 24 heavy (non-hydrogen) atoms. The van der Waals surface area contributed by atoms with E-state index >= 15 is 0 Å². The number of aliphatic hydroxyl groups is 1. The van der Waals surface area contributed by atoms with Crippen LogP contribution in [0.3, 0.4) is 0 Å². The molecule has 0 heterocycles. The van der Waals surface area contributed by atoms with Gasteiger partial charge in [-0.15, -0.1) is 0 Å². The van der Waals surface area contributed by atoms with Gasteiger partial charge < -0.3 is 9.84 Å². The SMILES string of the molecule is CCOC(=O)Nc1ccc(Cl)cc1C(O)(C#CC1CC1)C(F)(F)F. The number of hydrogen-bond donors (Lipinski definition) is 2. The summed E-state index contributed by atoms with van der Waals surface area (Å²) in [6.07, 6.45) is -4.62. The fourth-order valence-corrected chi connectivity index (χ4v) is 2.10. The Balaban J connectivity index is 2.50. The lowest BCUT2D eigenvalue weighted by Gasteiger charge is -2.28. The molecule has 0 bridgehead atoms. The van der Waals surface area contributed by atoms with E-state index in [1.54, 1.807) is 6.92 Å². The van der Waals surface area contributed by atoms with Crippen molar-refractivity contribution < 1.29 is 27.8 Å². The van der Waals surface area contributed by atoms with E-state index in [-0.39, 0.29) is 23.2 Å². The van der Waals surface area contributed by atoms with Gasteiger partial charge in [0.25, 0.3) is 0 Å². The second kappa shape index (κ2) is 6.91. The molecule has 2 N–H and O–H groups in total. The second-order valence-electron chi connectivity index (χ2n) is 5.29. The van der Waals surface area contributed by atoms with Crippen LogP contribution in [0.1, 0.15) is 25.3 Å². The number of hydrogen-bond acceptors (Lipinski definition) is 3. The molecule has 0 radical (unpaired) electrons. The summed E-state index contributed by atoms with van der Waals surface area (Å²) >= 11 is 5.78. The van der Waals surface area contributed by atoms with Gasteiger partial charge in [0.1, 0.15) is 0 Å². The van der Waals surface area contributed by atoms with Gasteiger partial charge in [-0.1, -0.05) is 23.4 Å². The van der Waals surface area contributed by atoms with Crippen molar-refractivity contribution in [1.29, 1.82) is 0 Å². The van der Waals surface area contributed by atoms with Crippen molar-refractivity contribution in [2.24, 2.45) is 5.92 Å². The van der Waals surface area contributed by atoms with Crippen LogP contribution in [0.5, 0.6) is 0 Å². The van der Waals surface area contributed by atoms with Crippen LogP contribution in [-0.2, 0) is 10.3 Å². The van der Waals surface area contributed by atoms with E-state index in [0.717, 1.165) is 12.1 Å². The number of benzene rings is 1. The first kappa shape index (κ1) is 18.4. The number of amides is 1. The van der Waals surface area contributed by atoms with Gasteiger partial charge in [-0.05, 0) is 38.0 Å². The van der Waals surface area contributed by atoms with Gasteiger partial charge >= 0.3 is 12.3 Å². The topological polar surface area (TPSA) is 58.6 Å². The minimum Gasteiger partial charge on any atom is -0.450 e. The molecule has 1 unspecified atom stereocenters. The number of rotatable bonds is 3. The Kier molecular flexibility index (Phi) is 5.31. The van der Waals surface area contributed by atoms with Crippen LogP contribution in [0.25, 0.3) is 0 Å². The molecular weight excluding hydrogens is 347 g/mol. The molecule has 1 aromatic carbocycles. The van der Waals surface area contributed by atoms with Gasteiger partial charge in [-0.25, -0.2) is 4.79 Å². The fraction of sp³-hybridized carbons (Fsp3) is 0.438. The predicted molar refractivity (Wildman–Crippen MR) is 82.5 cm³/mol. The lowest BCUT2D eigenvalue weighted by Crippen LogP contribution is -2.42. The first-order chi connectivity index (χ1) is 11.2. The molecule has 1 aliphatic rings. The van der Waals surface area contributed by atoms with Gasteiger partial charge in [0.15, 0.2) is 0 Å². The highest BCUT2D eigenvalue weighted by atomic mass is 35.5. The number of carbonyl (C=O) groups excluding carboxylic acids is 1. The molecule has 4 nitrogen and oxygen atoms in total. The Morgan fingerprint density at radius 2 is 2.12 bits per heavy atom. The summed E-state index contributed by atoms with van der Waals surface area (Å²) in [5, 5.41) is 12.4. The zero-order valence-electron chi connectivity index (χ0n) is 12.7. The molecule has 1 fully saturated rings. The highest BCUT2D eigenvalue weighted by Gasteiger charge is 2.55. The van der Waals surface area contributed by atoms with Crippen LogP contribution in [0, 0.1) is 17.8 Å². The van der Waals surface area contributed by atoms with Crippen LogP contribution in [0.15, 0.2) is 18.2 Å². The smallest absolute Gasteiger partial charge is 0.433 e. The number of anilines is 1. The second-order valence-corrected chi connectivity index (χ2v) is 5.72. The maximum absolute atomic E-state index is 13.5. The molecule has 0 aliphatic heterocycles. The average molecular weight is 362 g/mol. The number of ether oxygens (including phenoxy) is 1. The third-order valence-electron chi connectivity index (χ3n) is 3.33. The number of halogens is 4. The highest BCUT2D eigenvalue weighted by molar-refractivity contribution is 6.30. The molecular formula is C16H15ClF3NO3. The van der Waals surface area contributed by atoms with Gasteiger partial charge in [0.2, 0.25) is 5.60 Å². The van der Waals surface area contributed by atoms with E-state index in [2.05, 4.69) is 16.0 Å². The fourth-order valence-electron chi connectivity index (χ4n) is 1.93. The first-order valence-corrected chi connectivity index (χ1v) is 7.60. The van der Waals surface area contributed by atoms with Crippen molar-refractivity contribution >= 4 is 23.4 Å². The summed E-state index contributed by atoms with van der Waals surface area (Å²) in [7, 11) is 0. The van der Waals surface area contributed by atoms with Gasteiger partial charge in [0.05, 0.1) is 12.3 Å². The third-order valence-corrected chi connectivity index (χ3v) is 3.56. The predicted octanol–water partition coefficient (Wildman–Crippen LogP) is 4.07. The van der Waals surface area contributed by atoms with E-state index < -0.39 is 23.4 Å².